The molecule has 0 amide bonds. The van der Waals surface area contributed by atoms with Crippen LogP contribution in [0.5, 0.6) is 0 Å². The van der Waals surface area contributed by atoms with Crippen molar-refractivity contribution < 1.29 is 8.78 Å². The molecule has 1 aromatic carbocycles. The fraction of sp³-hybridized carbons (Fsp3) is 0. The van der Waals surface area contributed by atoms with Gasteiger partial charge in [-0.25, -0.2) is 13.5 Å². The van der Waals surface area contributed by atoms with Crippen LogP contribution in [0.2, 0.25) is 5.02 Å². The number of rotatable bonds is 1. The van der Waals surface area contributed by atoms with E-state index in [9.17, 15) is 8.78 Å². The first kappa shape index (κ1) is 9.92. The molecule has 0 atom stereocenters. The fourth-order valence-corrected chi connectivity index (χ4v) is 1.33. The van der Waals surface area contributed by atoms with Gasteiger partial charge in [0, 0.05) is 18.3 Å². The average Bonchev–Trinajstić information content (AvgIpc) is 2.58. The zero-order valence-electron chi connectivity index (χ0n) is 7.42. The van der Waals surface area contributed by atoms with Crippen molar-refractivity contribution in [2.75, 3.05) is 5.73 Å². The van der Waals surface area contributed by atoms with Crippen LogP contribution in [-0.2, 0) is 0 Å². The van der Waals surface area contributed by atoms with Crippen molar-refractivity contribution in [3.63, 3.8) is 0 Å². The molecule has 2 rings (SSSR count). The molecule has 0 aliphatic carbocycles. The standard InChI is InChI=1S/C9H6ClF2N3/c10-5-3-14-15(4-5)8-2-6(11)1-7(12)9(8)13/h1-4H,13H2. The van der Waals surface area contributed by atoms with Crippen LogP contribution in [0.15, 0.2) is 24.5 Å². The Labute approximate surface area is 89.1 Å². The summed E-state index contributed by atoms with van der Waals surface area (Å²) in [7, 11) is 0. The lowest BCUT2D eigenvalue weighted by Crippen LogP contribution is -2.03. The Bertz CT molecular complexity index is 510. The van der Waals surface area contributed by atoms with Gasteiger partial charge in [0.2, 0.25) is 0 Å². The molecule has 0 aliphatic rings. The summed E-state index contributed by atoms with van der Waals surface area (Å²) in [5, 5.41) is 4.16. The quantitative estimate of drug-likeness (QED) is 0.763. The van der Waals surface area contributed by atoms with Gasteiger partial charge in [-0.05, 0) is 0 Å². The maximum atomic E-state index is 13.1. The van der Waals surface area contributed by atoms with Crippen molar-refractivity contribution in [3.8, 4) is 5.69 Å². The van der Waals surface area contributed by atoms with Crippen LogP contribution in [0.4, 0.5) is 14.5 Å². The first-order valence-corrected chi connectivity index (χ1v) is 4.41. The maximum absolute atomic E-state index is 13.1. The second-order valence-corrected chi connectivity index (χ2v) is 3.36. The van der Waals surface area contributed by atoms with E-state index < -0.39 is 11.6 Å². The molecule has 1 aromatic heterocycles. The number of anilines is 1. The van der Waals surface area contributed by atoms with Crippen LogP contribution in [0, 0.1) is 11.6 Å². The molecule has 3 nitrogen and oxygen atoms in total. The lowest BCUT2D eigenvalue weighted by Gasteiger charge is -2.06. The third-order valence-corrected chi connectivity index (χ3v) is 2.07. The topological polar surface area (TPSA) is 43.8 Å². The molecule has 0 saturated carbocycles. The Balaban J connectivity index is 2.62. The predicted molar refractivity (Wildman–Crippen MR) is 52.9 cm³/mol. The van der Waals surface area contributed by atoms with Crippen molar-refractivity contribution >= 4 is 17.3 Å². The number of benzene rings is 1. The van der Waals surface area contributed by atoms with Gasteiger partial charge in [-0.15, -0.1) is 0 Å². The van der Waals surface area contributed by atoms with E-state index in [1.807, 2.05) is 0 Å². The van der Waals surface area contributed by atoms with Crippen LogP contribution in [0.25, 0.3) is 5.69 Å². The Hall–Kier alpha value is -1.62. The van der Waals surface area contributed by atoms with E-state index in [-0.39, 0.29) is 11.4 Å². The van der Waals surface area contributed by atoms with Crippen molar-refractivity contribution in [2.24, 2.45) is 0 Å². The van der Waals surface area contributed by atoms with Crippen LogP contribution >= 0.6 is 11.6 Å². The summed E-state index contributed by atoms with van der Waals surface area (Å²) in [4.78, 5) is 0. The summed E-state index contributed by atoms with van der Waals surface area (Å²) in [6.07, 6.45) is 2.76. The van der Waals surface area contributed by atoms with E-state index in [1.165, 1.54) is 17.1 Å². The molecular formula is C9H6ClF2N3. The van der Waals surface area contributed by atoms with Crippen molar-refractivity contribution in [1.82, 2.24) is 9.78 Å². The summed E-state index contributed by atoms with van der Waals surface area (Å²) < 4.78 is 27.2. The molecule has 0 unspecified atom stereocenters. The van der Waals surface area contributed by atoms with Crippen molar-refractivity contribution in [1.29, 1.82) is 0 Å². The Morgan fingerprint density at radius 1 is 1.33 bits per heavy atom. The second-order valence-electron chi connectivity index (χ2n) is 2.92. The second kappa shape index (κ2) is 3.51. The monoisotopic (exact) mass is 229 g/mol. The lowest BCUT2D eigenvalue weighted by atomic mass is 10.2. The summed E-state index contributed by atoms with van der Waals surface area (Å²) in [6.45, 7) is 0. The molecule has 6 heteroatoms. The molecule has 0 saturated heterocycles. The van der Waals surface area contributed by atoms with Gasteiger partial charge in [-0.3, -0.25) is 0 Å². The minimum absolute atomic E-state index is 0.124. The van der Waals surface area contributed by atoms with E-state index in [0.29, 0.717) is 11.1 Å². The van der Waals surface area contributed by atoms with Gasteiger partial charge in [0.05, 0.1) is 22.6 Å². The van der Waals surface area contributed by atoms with Gasteiger partial charge in [0.15, 0.2) is 5.82 Å². The molecule has 2 N–H and O–H groups in total. The van der Waals surface area contributed by atoms with Gasteiger partial charge in [0.25, 0.3) is 0 Å². The van der Waals surface area contributed by atoms with E-state index in [4.69, 9.17) is 17.3 Å². The number of nitrogen functional groups attached to an aromatic ring is 1. The first-order valence-electron chi connectivity index (χ1n) is 4.03. The zero-order valence-corrected chi connectivity index (χ0v) is 8.17. The normalized spacial score (nSPS) is 10.6. The summed E-state index contributed by atoms with van der Waals surface area (Å²) in [6, 6.07) is 1.80. The predicted octanol–water partition coefficient (Wildman–Crippen LogP) is 2.39. The molecular weight excluding hydrogens is 224 g/mol. The third kappa shape index (κ3) is 1.78. The molecule has 0 bridgehead atoms. The highest BCUT2D eigenvalue weighted by Crippen LogP contribution is 2.22. The van der Waals surface area contributed by atoms with E-state index >= 15 is 0 Å². The number of halogens is 3. The largest absolute Gasteiger partial charge is 0.395 e. The Morgan fingerprint density at radius 3 is 2.67 bits per heavy atom. The molecule has 0 aliphatic heterocycles. The van der Waals surface area contributed by atoms with Crippen LogP contribution < -0.4 is 5.73 Å². The highest BCUT2D eigenvalue weighted by atomic mass is 35.5. The fourth-order valence-electron chi connectivity index (χ4n) is 1.19. The molecule has 2 aromatic rings. The Morgan fingerprint density at radius 2 is 2.07 bits per heavy atom. The zero-order chi connectivity index (χ0) is 11.0. The third-order valence-electron chi connectivity index (χ3n) is 1.87. The highest BCUT2D eigenvalue weighted by molar-refractivity contribution is 6.30. The van der Waals surface area contributed by atoms with Crippen LogP contribution in [-0.4, -0.2) is 9.78 Å². The molecule has 0 radical (unpaired) electrons. The van der Waals surface area contributed by atoms with Gasteiger partial charge >= 0.3 is 0 Å². The molecule has 1 heterocycles. The van der Waals surface area contributed by atoms with Gasteiger partial charge < -0.3 is 5.73 Å². The van der Waals surface area contributed by atoms with Gasteiger partial charge in [-0.1, -0.05) is 11.6 Å². The van der Waals surface area contributed by atoms with Crippen molar-refractivity contribution in [3.05, 3.63) is 41.2 Å². The van der Waals surface area contributed by atoms with E-state index in [1.54, 1.807) is 0 Å². The number of nitrogens with zero attached hydrogens (tertiary/aromatic N) is 2. The molecule has 78 valence electrons. The number of hydrogen-bond donors (Lipinski definition) is 1. The van der Waals surface area contributed by atoms with E-state index in [2.05, 4.69) is 5.10 Å². The van der Waals surface area contributed by atoms with Gasteiger partial charge in [-0.2, -0.15) is 5.10 Å². The average molecular weight is 230 g/mol. The minimum atomic E-state index is -0.823. The van der Waals surface area contributed by atoms with Crippen LogP contribution in [0.3, 0.4) is 0 Å². The molecule has 0 fully saturated rings. The SMILES string of the molecule is Nc1c(F)cc(F)cc1-n1cc(Cl)cn1. The number of hydrogen-bond acceptors (Lipinski definition) is 2. The smallest absolute Gasteiger partial charge is 0.151 e. The molecule has 0 spiro atoms. The maximum Gasteiger partial charge on any atom is 0.151 e. The minimum Gasteiger partial charge on any atom is -0.395 e. The van der Waals surface area contributed by atoms with Crippen LogP contribution in [0.1, 0.15) is 0 Å². The molecule has 15 heavy (non-hydrogen) atoms. The highest BCUT2D eigenvalue weighted by Gasteiger charge is 2.10. The van der Waals surface area contributed by atoms with E-state index in [0.717, 1.165) is 6.07 Å². The summed E-state index contributed by atoms with van der Waals surface area (Å²) >= 11 is 5.63. The first-order chi connectivity index (χ1) is 7.08. The van der Waals surface area contributed by atoms with Crippen molar-refractivity contribution in [2.45, 2.75) is 0 Å². The summed E-state index contributed by atoms with van der Waals surface area (Å²) in [5.74, 6) is -1.54. The number of aromatic nitrogens is 2. The lowest BCUT2D eigenvalue weighted by molar-refractivity contribution is 0.583. The van der Waals surface area contributed by atoms with Gasteiger partial charge in [0.1, 0.15) is 5.82 Å². The number of nitrogens with two attached hydrogens (primary N) is 1. The Kier molecular flexibility index (Phi) is 2.32. The summed E-state index contributed by atoms with van der Waals surface area (Å²) in [5.41, 5.74) is 5.40.